The fourth-order valence-corrected chi connectivity index (χ4v) is 3.11. The zero-order valence-electron chi connectivity index (χ0n) is 12.9. The fourth-order valence-electron chi connectivity index (χ4n) is 3.11. The maximum absolute atomic E-state index is 12.8. The molecule has 2 heterocycles. The number of carboxylic acid groups (broad SMARTS) is 1. The van der Waals surface area contributed by atoms with Gasteiger partial charge in [0, 0.05) is 13.1 Å². The van der Waals surface area contributed by atoms with Gasteiger partial charge in [0.2, 0.25) is 0 Å². The van der Waals surface area contributed by atoms with Gasteiger partial charge in [0.05, 0.1) is 5.69 Å². The predicted octanol–water partition coefficient (Wildman–Crippen LogP) is 1.93. The summed E-state index contributed by atoms with van der Waals surface area (Å²) >= 11 is 0. The second-order valence-corrected chi connectivity index (χ2v) is 5.44. The number of hydrogen-bond acceptors (Lipinski definition) is 3. The maximum atomic E-state index is 12.8. The predicted molar refractivity (Wildman–Crippen MR) is 78.2 cm³/mol. The maximum Gasteiger partial charge on any atom is 0.329 e. The second-order valence-electron chi connectivity index (χ2n) is 5.44. The molecule has 0 spiro atoms. The molecule has 116 valence electrons. The molecule has 0 bridgehead atoms. The molecule has 1 unspecified atom stereocenters. The molecule has 1 aliphatic heterocycles. The smallest absolute Gasteiger partial charge is 0.329 e. The van der Waals surface area contributed by atoms with Crippen molar-refractivity contribution in [3.05, 3.63) is 17.5 Å². The molecule has 1 N–H and O–H groups in total. The highest BCUT2D eigenvalue weighted by atomic mass is 16.4. The molecule has 1 aromatic rings. The Balaban J connectivity index is 2.39. The largest absolute Gasteiger partial charge is 0.479 e. The zero-order chi connectivity index (χ0) is 15.6. The van der Waals surface area contributed by atoms with Crippen LogP contribution in [0.1, 0.15) is 56.2 Å². The van der Waals surface area contributed by atoms with Gasteiger partial charge in [-0.05, 0) is 38.7 Å². The van der Waals surface area contributed by atoms with E-state index < -0.39 is 11.5 Å². The molecule has 0 radical (unpaired) electrons. The van der Waals surface area contributed by atoms with Gasteiger partial charge in [0.1, 0.15) is 11.2 Å². The number of rotatable bonds is 5. The SMILES string of the molecule is CCc1cc(C(=O)N2CCCC2(CC)C(=O)O)n(CC)n1. The molecule has 0 aromatic carbocycles. The summed E-state index contributed by atoms with van der Waals surface area (Å²) in [5.41, 5.74) is 0.291. The van der Waals surface area contributed by atoms with Gasteiger partial charge in [-0.2, -0.15) is 5.10 Å². The molecule has 1 saturated heterocycles. The Morgan fingerprint density at radius 1 is 1.38 bits per heavy atom. The summed E-state index contributed by atoms with van der Waals surface area (Å²) in [5.74, 6) is -1.13. The van der Waals surface area contributed by atoms with Crippen LogP contribution < -0.4 is 0 Å². The van der Waals surface area contributed by atoms with Gasteiger partial charge in [-0.25, -0.2) is 4.79 Å². The molecular formula is C15H23N3O3. The quantitative estimate of drug-likeness (QED) is 0.900. The zero-order valence-corrected chi connectivity index (χ0v) is 12.9. The van der Waals surface area contributed by atoms with Crippen molar-refractivity contribution in [1.82, 2.24) is 14.7 Å². The van der Waals surface area contributed by atoms with Crippen molar-refractivity contribution in [1.29, 1.82) is 0 Å². The number of aromatic nitrogens is 2. The minimum absolute atomic E-state index is 0.217. The van der Waals surface area contributed by atoms with E-state index in [9.17, 15) is 14.7 Å². The Kier molecular flexibility index (Phi) is 4.34. The van der Waals surface area contributed by atoms with Crippen LogP contribution in [-0.2, 0) is 17.8 Å². The number of hydrogen-bond donors (Lipinski definition) is 1. The van der Waals surface area contributed by atoms with Crippen molar-refractivity contribution in [2.45, 2.75) is 58.5 Å². The first-order valence-electron chi connectivity index (χ1n) is 7.62. The number of nitrogens with zero attached hydrogens (tertiary/aromatic N) is 3. The number of carboxylic acids is 1. The molecule has 2 rings (SSSR count). The Hall–Kier alpha value is -1.85. The monoisotopic (exact) mass is 293 g/mol. The molecule has 21 heavy (non-hydrogen) atoms. The number of likely N-dealkylation sites (tertiary alicyclic amines) is 1. The van der Waals surface area contributed by atoms with Crippen molar-refractivity contribution < 1.29 is 14.7 Å². The van der Waals surface area contributed by atoms with Crippen LogP contribution in [0.2, 0.25) is 0 Å². The van der Waals surface area contributed by atoms with Crippen molar-refractivity contribution in [3.63, 3.8) is 0 Å². The van der Waals surface area contributed by atoms with Crippen molar-refractivity contribution in [2.75, 3.05) is 6.54 Å². The van der Waals surface area contributed by atoms with E-state index in [1.54, 1.807) is 10.7 Å². The van der Waals surface area contributed by atoms with E-state index in [0.717, 1.165) is 18.5 Å². The van der Waals surface area contributed by atoms with E-state index in [-0.39, 0.29) is 5.91 Å². The van der Waals surface area contributed by atoms with E-state index in [1.165, 1.54) is 4.90 Å². The van der Waals surface area contributed by atoms with Crippen LogP contribution in [0.25, 0.3) is 0 Å². The topological polar surface area (TPSA) is 75.4 Å². The normalized spacial score (nSPS) is 21.8. The summed E-state index contributed by atoms with van der Waals surface area (Å²) in [6.45, 7) is 6.84. The highest BCUT2D eigenvalue weighted by molar-refractivity contribution is 5.97. The van der Waals surface area contributed by atoms with Gasteiger partial charge in [-0.1, -0.05) is 13.8 Å². The van der Waals surface area contributed by atoms with Crippen LogP contribution >= 0.6 is 0 Å². The van der Waals surface area contributed by atoms with Gasteiger partial charge in [-0.15, -0.1) is 0 Å². The molecule has 6 nitrogen and oxygen atoms in total. The van der Waals surface area contributed by atoms with Gasteiger partial charge in [0.15, 0.2) is 0 Å². The van der Waals surface area contributed by atoms with Crippen LogP contribution in [0.5, 0.6) is 0 Å². The minimum Gasteiger partial charge on any atom is -0.479 e. The summed E-state index contributed by atoms with van der Waals surface area (Å²) in [6, 6.07) is 1.78. The third kappa shape index (κ3) is 2.43. The molecule has 0 saturated carbocycles. The van der Waals surface area contributed by atoms with Gasteiger partial charge >= 0.3 is 5.97 Å². The number of aliphatic carboxylic acids is 1. The highest BCUT2D eigenvalue weighted by Crippen LogP contribution is 2.34. The number of carbonyl (C=O) groups excluding carboxylic acids is 1. The number of aryl methyl sites for hydroxylation is 2. The molecule has 1 aromatic heterocycles. The van der Waals surface area contributed by atoms with Gasteiger partial charge in [-0.3, -0.25) is 9.48 Å². The average molecular weight is 293 g/mol. The standard InChI is InChI=1S/C15H23N3O3/c1-4-11-10-12(18(6-3)16-11)13(19)17-9-7-8-15(17,5-2)14(20)21/h10H,4-9H2,1-3H3,(H,20,21). The van der Waals surface area contributed by atoms with Crippen LogP contribution in [0.3, 0.4) is 0 Å². The molecule has 6 heteroatoms. The lowest BCUT2D eigenvalue weighted by molar-refractivity contribution is -0.148. The Morgan fingerprint density at radius 3 is 2.62 bits per heavy atom. The Bertz CT molecular complexity index is 552. The Labute approximate surface area is 124 Å². The van der Waals surface area contributed by atoms with E-state index in [4.69, 9.17) is 0 Å². The summed E-state index contributed by atoms with van der Waals surface area (Å²) in [5, 5.41) is 14.0. The molecule has 1 atom stereocenters. The third-order valence-corrected chi connectivity index (χ3v) is 4.43. The molecular weight excluding hydrogens is 270 g/mol. The third-order valence-electron chi connectivity index (χ3n) is 4.43. The molecule has 1 amide bonds. The fraction of sp³-hybridized carbons (Fsp3) is 0.667. The molecule has 1 aliphatic rings. The first kappa shape index (κ1) is 15.5. The lowest BCUT2D eigenvalue weighted by Gasteiger charge is -2.33. The van der Waals surface area contributed by atoms with E-state index >= 15 is 0 Å². The lowest BCUT2D eigenvalue weighted by atomic mass is 9.93. The number of amides is 1. The first-order chi connectivity index (χ1) is 10.00. The van der Waals surface area contributed by atoms with Crippen LogP contribution in [0, 0.1) is 0 Å². The van der Waals surface area contributed by atoms with Crippen LogP contribution in [0.15, 0.2) is 6.07 Å². The van der Waals surface area contributed by atoms with Gasteiger partial charge < -0.3 is 10.0 Å². The van der Waals surface area contributed by atoms with Crippen LogP contribution in [0.4, 0.5) is 0 Å². The number of carbonyl (C=O) groups is 2. The average Bonchev–Trinajstić information content (AvgIpc) is 3.10. The van der Waals surface area contributed by atoms with Gasteiger partial charge in [0.25, 0.3) is 5.91 Å². The van der Waals surface area contributed by atoms with Crippen molar-refractivity contribution in [3.8, 4) is 0 Å². The molecule has 1 fully saturated rings. The first-order valence-corrected chi connectivity index (χ1v) is 7.62. The van der Waals surface area contributed by atoms with Crippen LogP contribution in [-0.4, -0.2) is 43.7 Å². The van der Waals surface area contributed by atoms with Crippen molar-refractivity contribution in [2.24, 2.45) is 0 Å². The van der Waals surface area contributed by atoms with E-state index in [0.29, 0.717) is 31.6 Å². The summed E-state index contributed by atoms with van der Waals surface area (Å²) in [7, 11) is 0. The van der Waals surface area contributed by atoms with E-state index in [1.807, 2.05) is 20.8 Å². The highest BCUT2D eigenvalue weighted by Gasteiger charge is 2.49. The van der Waals surface area contributed by atoms with E-state index in [2.05, 4.69) is 5.10 Å². The summed E-state index contributed by atoms with van der Waals surface area (Å²) in [4.78, 5) is 26.1. The second kappa shape index (κ2) is 5.87. The minimum atomic E-state index is -1.06. The Morgan fingerprint density at radius 2 is 2.10 bits per heavy atom. The molecule has 0 aliphatic carbocycles. The van der Waals surface area contributed by atoms with Crippen molar-refractivity contribution >= 4 is 11.9 Å². The summed E-state index contributed by atoms with van der Waals surface area (Å²) in [6.07, 6.45) is 2.43. The summed E-state index contributed by atoms with van der Waals surface area (Å²) < 4.78 is 1.67. The lowest BCUT2D eigenvalue weighted by Crippen LogP contribution is -2.53.